The molecule has 2 rings (SSSR count). The fourth-order valence-corrected chi connectivity index (χ4v) is 3.41. The molecule has 1 fully saturated rings. The molecule has 0 heterocycles. The lowest BCUT2D eigenvalue weighted by Crippen LogP contribution is -2.38. The van der Waals surface area contributed by atoms with E-state index in [4.69, 9.17) is 9.47 Å². The summed E-state index contributed by atoms with van der Waals surface area (Å²) in [5.41, 5.74) is 1.65. The maximum atomic E-state index is 11.4. The second-order valence-corrected chi connectivity index (χ2v) is 7.32. The lowest BCUT2D eigenvalue weighted by molar-refractivity contribution is -0.114. The fraction of sp³-hybridized carbons (Fsp3) is 0.636. The number of carbonyl (C=O) groups excluding carboxylic acids is 1. The molecule has 0 unspecified atom stereocenters. The number of hydrogen-bond donors (Lipinski definition) is 3. The van der Waals surface area contributed by atoms with Gasteiger partial charge in [-0.2, -0.15) is 0 Å². The van der Waals surface area contributed by atoms with E-state index in [9.17, 15) is 4.79 Å². The van der Waals surface area contributed by atoms with Crippen LogP contribution in [-0.2, 0) is 16.1 Å². The molecule has 1 amide bonds. The highest BCUT2D eigenvalue weighted by molar-refractivity contribution is 14.0. The molecule has 1 aromatic carbocycles. The van der Waals surface area contributed by atoms with Gasteiger partial charge in [-0.05, 0) is 43.9 Å². The summed E-state index contributed by atoms with van der Waals surface area (Å²) in [5.74, 6) is 1.28. The zero-order chi connectivity index (χ0) is 20.9. The molecular formula is C22H37IN4O3. The number of hydrogen-bond acceptors (Lipinski definition) is 4. The van der Waals surface area contributed by atoms with E-state index < -0.39 is 0 Å². The van der Waals surface area contributed by atoms with Gasteiger partial charge in [0.2, 0.25) is 5.91 Å². The molecule has 1 saturated carbocycles. The summed E-state index contributed by atoms with van der Waals surface area (Å²) in [6, 6.07) is 5.69. The summed E-state index contributed by atoms with van der Waals surface area (Å²) < 4.78 is 11.3. The average Bonchev–Trinajstić information content (AvgIpc) is 2.72. The van der Waals surface area contributed by atoms with Crippen LogP contribution in [0.25, 0.3) is 0 Å². The first kappa shape index (κ1) is 26.5. The van der Waals surface area contributed by atoms with Crippen LogP contribution in [0, 0.1) is 0 Å². The van der Waals surface area contributed by atoms with E-state index in [0.717, 1.165) is 37.6 Å². The highest BCUT2D eigenvalue weighted by Crippen LogP contribution is 2.25. The number of benzene rings is 1. The molecule has 0 radical (unpaired) electrons. The van der Waals surface area contributed by atoms with E-state index in [1.54, 1.807) is 7.11 Å². The van der Waals surface area contributed by atoms with Crippen molar-refractivity contribution in [2.24, 2.45) is 4.99 Å². The van der Waals surface area contributed by atoms with Crippen molar-refractivity contribution in [3.63, 3.8) is 0 Å². The van der Waals surface area contributed by atoms with Crippen LogP contribution in [0.3, 0.4) is 0 Å². The van der Waals surface area contributed by atoms with Gasteiger partial charge in [-0.15, -0.1) is 24.0 Å². The van der Waals surface area contributed by atoms with Crippen LogP contribution in [0.15, 0.2) is 23.2 Å². The highest BCUT2D eigenvalue weighted by atomic mass is 127. The Labute approximate surface area is 197 Å². The van der Waals surface area contributed by atoms with Crippen molar-refractivity contribution in [2.75, 3.05) is 32.1 Å². The topological polar surface area (TPSA) is 84.0 Å². The van der Waals surface area contributed by atoms with Crippen molar-refractivity contribution < 1.29 is 14.3 Å². The average molecular weight is 532 g/mol. The minimum atomic E-state index is -0.130. The molecule has 0 aromatic heterocycles. The number of carbonyl (C=O) groups is 1. The molecule has 0 saturated heterocycles. The van der Waals surface area contributed by atoms with Gasteiger partial charge in [0.1, 0.15) is 5.75 Å². The SMILES string of the molecule is CCNC(=NCc1ccc(OC)c(NC(C)=O)c1)NCCCOC1CCCCC1.I. The minimum Gasteiger partial charge on any atom is -0.495 e. The first-order valence-electron chi connectivity index (χ1n) is 10.7. The van der Waals surface area contributed by atoms with E-state index in [1.807, 2.05) is 25.1 Å². The van der Waals surface area contributed by atoms with E-state index >= 15 is 0 Å². The normalized spacial score (nSPS) is 14.6. The van der Waals surface area contributed by atoms with Gasteiger partial charge in [-0.3, -0.25) is 4.79 Å². The van der Waals surface area contributed by atoms with Gasteiger partial charge in [0.15, 0.2) is 5.96 Å². The summed E-state index contributed by atoms with van der Waals surface area (Å²) in [6.45, 7) is 6.43. The summed E-state index contributed by atoms with van der Waals surface area (Å²) in [5, 5.41) is 9.42. The first-order chi connectivity index (χ1) is 14.1. The van der Waals surface area contributed by atoms with Crippen LogP contribution in [0.2, 0.25) is 0 Å². The Morgan fingerprint density at radius 2 is 1.97 bits per heavy atom. The van der Waals surface area contributed by atoms with Crippen LogP contribution in [0.1, 0.15) is 57.9 Å². The smallest absolute Gasteiger partial charge is 0.221 e. The van der Waals surface area contributed by atoms with Crippen molar-refractivity contribution in [1.29, 1.82) is 0 Å². The van der Waals surface area contributed by atoms with Crippen LogP contribution in [0.4, 0.5) is 5.69 Å². The lowest BCUT2D eigenvalue weighted by atomic mass is 9.98. The van der Waals surface area contributed by atoms with E-state index in [-0.39, 0.29) is 29.9 Å². The molecule has 8 heteroatoms. The Bertz CT molecular complexity index is 664. The van der Waals surface area contributed by atoms with Gasteiger partial charge in [-0.25, -0.2) is 4.99 Å². The summed E-state index contributed by atoms with van der Waals surface area (Å²) >= 11 is 0. The standard InChI is InChI=1S/C22H36N4O3.HI/c1-4-23-22(24-13-8-14-29-19-9-6-5-7-10-19)25-16-18-11-12-21(28-3)20(15-18)26-17(2)27;/h11-12,15,19H,4-10,13-14,16H2,1-3H3,(H,26,27)(H2,23,24,25);1H. The van der Waals surface area contributed by atoms with Crippen LogP contribution >= 0.6 is 24.0 Å². The molecular weight excluding hydrogens is 495 g/mol. The molecule has 1 aliphatic carbocycles. The summed E-state index contributed by atoms with van der Waals surface area (Å²) in [4.78, 5) is 16.0. The predicted molar refractivity (Wildman–Crippen MR) is 133 cm³/mol. The molecule has 0 bridgehead atoms. The molecule has 1 aliphatic rings. The Morgan fingerprint density at radius 3 is 2.63 bits per heavy atom. The largest absolute Gasteiger partial charge is 0.495 e. The number of amides is 1. The second kappa shape index (κ2) is 15.3. The number of rotatable bonds is 10. The number of nitrogens with one attached hydrogen (secondary N) is 3. The van der Waals surface area contributed by atoms with Gasteiger partial charge in [0.25, 0.3) is 0 Å². The number of methoxy groups -OCH3 is 1. The monoisotopic (exact) mass is 532 g/mol. The third kappa shape index (κ3) is 9.97. The minimum absolute atomic E-state index is 0. The van der Waals surface area contributed by atoms with E-state index in [2.05, 4.69) is 20.9 Å². The number of anilines is 1. The molecule has 0 aliphatic heterocycles. The van der Waals surface area contributed by atoms with Crippen LogP contribution < -0.4 is 20.7 Å². The van der Waals surface area contributed by atoms with Crippen molar-refractivity contribution in [2.45, 2.75) is 65.0 Å². The molecule has 0 spiro atoms. The zero-order valence-corrected chi connectivity index (χ0v) is 20.8. The van der Waals surface area contributed by atoms with Crippen LogP contribution in [0.5, 0.6) is 5.75 Å². The Hall–Kier alpha value is -1.55. The molecule has 0 atom stereocenters. The van der Waals surface area contributed by atoms with Gasteiger partial charge < -0.3 is 25.4 Å². The molecule has 1 aromatic rings. The molecule has 3 N–H and O–H groups in total. The van der Waals surface area contributed by atoms with Crippen LogP contribution in [-0.4, -0.2) is 44.8 Å². The number of aliphatic imine (C=N–C) groups is 1. The van der Waals surface area contributed by atoms with E-state index in [1.165, 1.54) is 39.0 Å². The molecule has 30 heavy (non-hydrogen) atoms. The lowest BCUT2D eigenvalue weighted by Gasteiger charge is -2.22. The Kier molecular flexibility index (Phi) is 13.5. The number of nitrogens with zero attached hydrogens (tertiary/aromatic N) is 1. The molecule has 7 nitrogen and oxygen atoms in total. The van der Waals surface area contributed by atoms with Crippen molar-refractivity contribution in [3.8, 4) is 5.75 Å². The summed E-state index contributed by atoms with van der Waals surface area (Å²) in [6.07, 6.45) is 7.78. The Morgan fingerprint density at radius 1 is 1.20 bits per heavy atom. The number of halogens is 1. The quantitative estimate of drug-likeness (QED) is 0.183. The second-order valence-electron chi connectivity index (χ2n) is 7.32. The van der Waals surface area contributed by atoms with Crippen molar-refractivity contribution in [3.05, 3.63) is 23.8 Å². The maximum absolute atomic E-state index is 11.4. The highest BCUT2D eigenvalue weighted by Gasteiger charge is 2.13. The van der Waals surface area contributed by atoms with E-state index in [0.29, 0.717) is 24.1 Å². The number of guanidine groups is 1. The number of ether oxygens (including phenoxy) is 2. The fourth-order valence-electron chi connectivity index (χ4n) is 3.41. The maximum Gasteiger partial charge on any atom is 0.221 e. The first-order valence-corrected chi connectivity index (χ1v) is 10.7. The summed E-state index contributed by atoms with van der Waals surface area (Å²) in [7, 11) is 1.59. The molecule has 170 valence electrons. The van der Waals surface area contributed by atoms with Crippen molar-refractivity contribution in [1.82, 2.24) is 10.6 Å². The third-order valence-electron chi connectivity index (χ3n) is 4.86. The predicted octanol–water partition coefficient (Wildman–Crippen LogP) is 4.07. The van der Waals surface area contributed by atoms with Gasteiger partial charge >= 0.3 is 0 Å². The van der Waals surface area contributed by atoms with Crippen molar-refractivity contribution >= 4 is 41.5 Å². The van der Waals surface area contributed by atoms with Gasteiger partial charge in [0, 0.05) is 26.6 Å². The zero-order valence-electron chi connectivity index (χ0n) is 18.5. The van der Waals surface area contributed by atoms with Gasteiger partial charge in [0.05, 0.1) is 25.4 Å². The van der Waals surface area contributed by atoms with Gasteiger partial charge in [-0.1, -0.05) is 25.3 Å². The third-order valence-corrected chi connectivity index (χ3v) is 4.86. The Balaban J connectivity index is 0.00000450.